The number of nitro groups is 1. The van der Waals surface area contributed by atoms with Gasteiger partial charge >= 0.3 is 0 Å². The van der Waals surface area contributed by atoms with E-state index in [1.54, 1.807) is 24.4 Å². The molecule has 16 heteroatoms. The summed E-state index contributed by atoms with van der Waals surface area (Å²) in [4.78, 5) is 37.0. The quantitative estimate of drug-likeness (QED) is 0.0766. The highest BCUT2D eigenvalue weighted by molar-refractivity contribution is 7.90. The Morgan fingerprint density at radius 3 is 2.56 bits per heavy atom. The Labute approximate surface area is 359 Å². The summed E-state index contributed by atoms with van der Waals surface area (Å²) in [5.41, 5.74) is 4.99. The lowest BCUT2D eigenvalue weighted by Gasteiger charge is -2.38. The number of anilines is 2. The van der Waals surface area contributed by atoms with Gasteiger partial charge in [-0.25, -0.2) is 18.1 Å². The molecule has 3 aromatic carbocycles. The standard InChI is InChI=1S/C45H48ClN7O7S/c1-45(2)15-11-38(31-3-5-34(46)6-4-31)33(26-45)29-51-17-19-52(20-18-51)35-7-9-39(42(24-35)60-36-23-32-12-16-47-43(32)49-28-36)44(54)50-61(57,58)37-8-10-40(41(25-37)53(55)56)48-27-30-13-21-59-22-14-30/h3-12,15-16,23-25,28,30,48H,13-14,17-22,26-27,29H2,1-2H3,(H,47,49)(H,50,54). The number of nitrogens with one attached hydrogen (secondary N) is 3. The summed E-state index contributed by atoms with van der Waals surface area (Å²) in [6.07, 6.45) is 10.4. The van der Waals surface area contributed by atoms with Crippen LogP contribution in [0.2, 0.25) is 5.02 Å². The first kappa shape index (κ1) is 42.0. The lowest BCUT2D eigenvalue weighted by Crippen LogP contribution is -2.47. The number of ether oxygens (including phenoxy) is 2. The fourth-order valence-electron chi connectivity index (χ4n) is 8.14. The highest BCUT2D eigenvalue weighted by Gasteiger charge is 2.29. The van der Waals surface area contributed by atoms with Crippen LogP contribution in [0.4, 0.5) is 17.1 Å². The van der Waals surface area contributed by atoms with Gasteiger partial charge in [0, 0.05) is 86.9 Å². The minimum atomic E-state index is -4.56. The number of aromatic nitrogens is 2. The first-order chi connectivity index (χ1) is 29.3. The number of nitrogens with zero attached hydrogens (tertiary/aromatic N) is 4. The van der Waals surface area contributed by atoms with Crippen LogP contribution in [0.25, 0.3) is 16.6 Å². The van der Waals surface area contributed by atoms with Crippen LogP contribution in [0, 0.1) is 21.4 Å². The molecule has 2 aromatic heterocycles. The van der Waals surface area contributed by atoms with Gasteiger partial charge < -0.3 is 24.7 Å². The summed E-state index contributed by atoms with van der Waals surface area (Å²) in [6.45, 7) is 10.1. The molecule has 0 spiro atoms. The number of aromatic amines is 1. The van der Waals surface area contributed by atoms with E-state index in [9.17, 15) is 23.3 Å². The Bertz CT molecular complexity index is 2610. The van der Waals surface area contributed by atoms with Crippen LogP contribution in [-0.2, 0) is 14.8 Å². The second-order valence-corrected chi connectivity index (χ2v) is 18.6. The van der Waals surface area contributed by atoms with E-state index in [0.717, 1.165) is 61.6 Å². The molecule has 0 atom stereocenters. The van der Waals surface area contributed by atoms with E-state index >= 15 is 0 Å². The molecule has 5 aromatic rings. The van der Waals surface area contributed by atoms with Crippen LogP contribution >= 0.6 is 11.6 Å². The van der Waals surface area contributed by atoms with Crippen molar-refractivity contribution < 1.29 is 27.6 Å². The number of amides is 1. The van der Waals surface area contributed by atoms with Gasteiger partial charge in [0.2, 0.25) is 0 Å². The molecule has 0 bridgehead atoms. The van der Waals surface area contributed by atoms with Crippen molar-refractivity contribution in [3.63, 3.8) is 0 Å². The molecule has 61 heavy (non-hydrogen) atoms. The number of pyridine rings is 1. The van der Waals surface area contributed by atoms with Gasteiger partial charge in [0.1, 0.15) is 22.8 Å². The third-order valence-corrected chi connectivity index (χ3v) is 13.1. The number of carbonyl (C=O) groups is 1. The van der Waals surface area contributed by atoms with Gasteiger partial charge in [-0.15, -0.1) is 0 Å². The van der Waals surface area contributed by atoms with Crippen LogP contribution in [-0.4, -0.2) is 86.6 Å². The molecule has 3 N–H and O–H groups in total. The van der Waals surface area contributed by atoms with Gasteiger partial charge in [0.05, 0.1) is 21.6 Å². The van der Waals surface area contributed by atoms with Gasteiger partial charge in [-0.2, -0.15) is 0 Å². The number of nitro benzene ring substituents is 1. The number of benzene rings is 3. The Morgan fingerprint density at radius 1 is 1.03 bits per heavy atom. The van der Waals surface area contributed by atoms with E-state index in [4.69, 9.17) is 21.1 Å². The largest absolute Gasteiger partial charge is 0.455 e. The highest BCUT2D eigenvalue weighted by Crippen LogP contribution is 2.39. The number of hydrogen-bond donors (Lipinski definition) is 3. The Morgan fingerprint density at radius 2 is 1.80 bits per heavy atom. The molecule has 4 heterocycles. The number of sulfonamides is 1. The van der Waals surface area contributed by atoms with Crippen molar-refractivity contribution in [1.29, 1.82) is 0 Å². The van der Waals surface area contributed by atoms with E-state index in [2.05, 4.69) is 67.9 Å². The van der Waals surface area contributed by atoms with E-state index in [-0.39, 0.29) is 28.3 Å². The zero-order chi connectivity index (χ0) is 42.7. The van der Waals surface area contributed by atoms with Crippen molar-refractivity contribution >= 4 is 61.2 Å². The van der Waals surface area contributed by atoms with Gasteiger partial charge in [0.15, 0.2) is 0 Å². The molecule has 0 saturated carbocycles. The average Bonchev–Trinajstić information content (AvgIpc) is 3.72. The predicted molar refractivity (Wildman–Crippen MR) is 237 cm³/mol. The molecular weight excluding hydrogens is 818 g/mol. The molecule has 2 fully saturated rings. The van der Waals surface area contributed by atoms with Gasteiger partial charge in [0.25, 0.3) is 21.6 Å². The van der Waals surface area contributed by atoms with Crippen LogP contribution in [0.5, 0.6) is 11.5 Å². The number of rotatable bonds is 13. The van der Waals surface area contributed by atoms with Crippen LogP contribution in [0.1, 0.15) is 49.0 Å². The van der Waals surface area contributed by atoms with E-state index in [0.29, 0.717) is 49.3 Å². The number of hydrogen-bond acceptors (Lipinski definition) is 11. The van der Waals surface area contributed by atoms with E-state index in [1.807, 2.05) is 18.2 Å². The summed E-state index contributed by atoms with van der Waals surface area (Å²) in [7, 11) is -4.56. The van der Waals surface area contributed by atoms with Crippen molar-refractivity contribution in [3.8, 4) is 11.5 Å². The van der Waals surface area contributed by atoms with E-state index < -0.39 is 31.4 Å². The smallest absolute Gasteiger partial charge is 0.293 e. The fourth-order valence-corrected chi connectivity index (χ4v) is 9.25. The molecule has 1 aliphatic carbocycles. The lowest BCUT2D eigenvalue weighted by atomic mass is 9.78. The van der Waals surface area contributed by atoms with Crippen LogP contribution in [0.3, 0.4) is 0 Å². The van der Waals surface area contributed by atoms with Crippen LogP contribution < -0.4 is 19.7 Å². The number of allylic oxidation sites excluding steroid dienone is 3. The Hall–Kier alpha value is -5.74. The van der Waals surface area contributed by atoms with Crippen molar-refractivity contribution in [3.05, 3.63) is 129 Å². The molecule has 14 nitrogen and oxygen atoms in total. The number of fused-ring (bicyclic) bond motifs is 1. The summed E-state index contributed by atoms with van der Waals surface area (Å²) < 4.78 is 41.2. The maximum Gasteiger partial charge on any atom is 0.293 e. The summed E-state index contributed by atoms with van der Waals surface area (Å²) in [6, 6.07) is 20.2. The third-order valence-electron chi connectivity index (χ3n) is 11.5. The molecule has 1 amide bonds. The fraction of sp³-hybridized carbons (Fsp3) is 0.333. The van der Waals surface area contributed by atoms with Crippen molar-refractivity contribution in [1.82, 2.24) is 19.6 Å². The number of H-pyrrole nitrogens is 1. The molecule has 2 saturated heterocycles. The molecular formula is C45H48ClN7O7S. The van der Waals surface area contributed by atoms with Crippen LogP contribution in [0.15, 0.2) is 108 Å². The topological polar surface area (TPSA) is 172 Å². The number of carbonyl (C=O) groups excluding carboxylic acids is 1. The second kappa shape index (κ2) is 17.7. The maximum absolute atomic E-state index is 13.9. The molecule has 2 aliphatic heterocycles. The minimum Gasteiger partial charge on any atom is -0.455 e. The molecule has 318 valence electrons. The molecule has 0 radical (unpaired) electrons. The zero-order valence-corrected chi connectivity index (χ0v) is 35.6. The summed E-state index contributed by atoms with van der Waals surface area (Å²) in [5.74, 6) is -0.217. The monoisotopic (exact) mass is 865 g/mol. The molecule has 0 unspecified atom stereocenters. The maximum atomic E-state index is 13.9. The Balaban J connectivity index is 1.01. The second-order valence-electron chi connectivity index (χ2n) is 16.5. The third kappa shape index (κ3) is 9.91. The van der Waals surface area contributed by atoms with Gasteiger partial charge in [-0.1, -0.05) is 49.7 Å². The lowest BCUT2D eigenvalue weighted by molar-refractivity contribution is -0.384. The summed E-state index contributed by atoms with van der Waals surface area (Å²) >= 11 is 6.21. The predicted octanol–water partition coefficient (Wildman–Crippen LogP) is 8.44. The average molecular weight is 866 g/mol. The van der Waals surface area contributed by atoms with Crippen molar-refractivity contribution in [2.45, 2.75) is 38.0 Å². The minimum absolute atomic E-state index is 0.0426. The first-order valence-electron chi connectivity index (χ1n) is 20.4. The van der Waals surface area contributed by atoms with Crippen molar-refractivity contribution in [2.24, 2.45) is 11.3 Å². The zero-order valence-electron chi connectivity index (χ0n) is 34.0. The molecule has 3 aliphatic rings. The van der Waals surface area contributed by atoms with Crippen molar-refractivity contribution in [2.75, 3.05) is 62.7 Å². The normalized spacial score (nSPS) is 17.4. The highest BCUT2D eigenvalue weighted by atomic mass is 35.5. The molecule has 8 rings (SSSR count). The first-order valence-corrected chi connectivity index (χ1v) is 22.2. The Kier molecular flexibility index (Phi) is 12.2. The number of halogens is 1. The SMILES string of the molecule is CC1(C)C=CC(c2ccc(Cl)cc2)=C(CN2CCN(c3ccc(C(=O)NS(=O)(=O)c4ccc(NCC5CCOCC5)c([N+](=O)[O-])c4)c(Oc4cnc5[nH]ccc5c4)c3)CC2)C1. The number of piperazine rings is 1. The van der Waals surface area contributed by atoms with E-state index in [1.165, 1.54) is 35.5 Å². The van der Waals surface area contributed by atoms with Gasteiger partial charge in [-0.05, 0) is 95.8 Å². The summed E-state index contributed by atoms with van der Waals surface area (Å²) in [5, 5.41) is 16.7. The van der Waals surface area contributed by atoms with Gasteiger partial charge in [-0.3, -0.25) is 19.8 Å².